The number of halogens is 2. The van der Waals surface area contributed by atoms with Crippen molar-refractivity contribution in [3.8, 4) is 0 Å². The van der Waals surface area contributed by atoms with Crippen molar-refractivity contribution in [2.75, 3.05) is 0 Å². The van der Waals surface area contributed by atoms with E-state index >= 15 is 0 Å². The van der Waals surface area contributed by atoms with Gasteiger partial charge in [0.25, 0.3) is 0 Å². The number of unbranched alkanes of at least 4 members (excludes halogenated alkanes) is 1. The van der Waals surface area contributed by atoms with Crippen LogP contribution in [-0.2, 0) is 0 Å². The van der Waals surface area contributed by atoms with Crippen LogP contribution in [0, 0.1) is 0 Å². The van der Waals surface area contributed by atoms with Gasteiger partial charge in [-0.1, -0.05) is 13.3 Å². The Morgan fingerprint density at radius 3 is 2.14 bits per heavy atom. The molecule has 0 aliphatic rings. The molecule has 7 heavy (non-hydrogen) atoms. The summed E-state index contributed by atoms with van der Waals surface area (Å²) in [6.45, 7) is 1.91. The van der Waals surface area contributed by atoms with Crippen molar-refractivity contribution in [3.63, 3.8) is 0 Å². The molecular weight excluding hydrogens is 98.1 g/mol. The van der Waals surface area contributed by atoms with E-state index in [1.165, 1.54) is 0 Å². The van der Waals surface area contributed by atoms with Gasteiger partial charge in [0, 0.05) is 6.42 Å². The summed E-state index contributed by atoms with van der Waals surface area (Å²) in [6, 6.07) is 0. The van der Waals surface area contributed by atoms with Crippen molar-refractivity contribution in [1.29, 1.82) is 0 Å². The highest BCUT2D eigenvalue weighted by Crippen LogP contribution is 2.03. The number of rotatable bonds is 3. The van der Waals surface area contributed by atoms with Gasteiger partial charge >= 0.3 is 0 Å². The molecule has 0 aromatic heterocycles. The molecular formula is C5H10F2. The third kappa shape index (κ3) is 5.86. The first-order chi connectivity index (χ1) is 3.27. The van der Waals surface area contributed by atoms with Gasteiger partial charge in [-0.2, -0.15) is 0 Å². The normalized spacial score (nSPS) is 10.3. The monoisotopic (exact) mass is 108 g/mol. The first-order valence-electron chi connectivity index (χ1n) is 2.55. The van der Waals surface area contributed by atoms with Gasteiger partial charge in [0.15, 0.2) is 0 Å². The Labute approximate surface area is 42.5 Å². The van der Waals surface area contributed by atoms with E-state index in [1.807, 2.05) is 6.92 Å². The van der Waals surface area contributed by atoms with Gasteiger partial charge in [-0.3, -0.25) is 0 Å². The molecule has 0 amide bonds. The molecule has 0 radical (unpaired) electrons. The quantitative estimate of drug-likeness (QED) is 0.521. The lowest BCUT2D eigenvalue weighted by atomic mass is 10.3. The van der Waals surface area contributed by atoms with Crippen molar-refractivity contribution >= 4 is 0 Å². The zero-order valence-electron chi connectivity index (χ0n) is 4.45. The fourth-order valence-electron chi connectivity index (χ4n) is 0.358. The van der Waals surface area contributed by atoms with E-state index in [1.54, 1.807) is 0 Å². The number of alkyl halides is 2. The Bertz CT molecular complexity index is 35.1. The van der Waals surface area contributed by atoms with Crippen LogP contribution in [0.2, 0.25) is 0 Å². The average molecular weight is 108 g/mol. The molecule has 0 atom stereocenters. The van der Waals surface area contributed by atoms with Gasteiger partial charge in [-0.15, -0.1) is 0 Å². The van der Waals surface area contributed by atoms with Crippen LogP contribution in [0.15, 0.2) is 0 Å². The smallest absolute Gasteiger partial charge is 0.211 e. The second kappa shape index (κ2) is 4.03. The minimum atomic E-state index is -2.10. The summed E-state index contributed by atoms with van der Waals surface area (Å²) in [6.07, 6.45) is -0.515. The lowest BCUT2D eigenvalue weighted by Crippen LogP contribution is -1.87. The second-order valence-corrected chi connectivity index (χ2v) is 1.53. The molecule has 0 aromatic rings. The molecule has 0 heterocycles. The standard InChI is InChI=1S/C5H10F2/c1-2-3-4-5(6)7/h5H,2-4H2,1H3. The van der Waals surface area contributed by atoms with E-state index in [0.717, 1.165) is 6.42 Å². The lowest BCUT2D eigenvalue weighted by molar-refractivity contribution is 0.134. The first kappa shape index (κ1) is 6.86. The summed E-state index contributed by atoms with van der Waals surface area (Å²) in [5, 5.41) is 0. The molecule has 0 nitrogen and oxygen atoms in total. The highest BCUT2D eigenvalue weighted by Gasteiger charge is 1.97. The van der Waals surface area contributed by atoms with E-state index in [0.29, 0.717) is 6.42 Å². The van der Waals surface area contributed by atoms with Crippen LogP contribution in [0.1, 0.15) is 26.2 Å². The van der Waals surface area contributed by atoms with Crippen LogP contribution < -0.4 is 0 Å². The van der Waals surface area contributed by atoms with Crippen LogP contribution in [0.3, 0.4) is 0 Å². The van der Waals surface area contributed by atoms with E-state index in [4.69, 9.17) is 0 Å². The summed E-state index contributed by atoms with van der Waals surface area (Å²) in [7, 11) is 0. The third-order valence-electron chi connectivity index (χ3n) is 0.776. The number of hydrogen-bond donors (Lipinski definition) is 0. The summed E-state index contributed by atoms with van der Waals surface area (Å²) in [4.78, 5) is 0. The minimum absolute atomic E-state index is 0.0660. The lowest BCUT2D eigenvalue weighted by Gasteiger charge is -1.91. The zero-order chi connectivity index (χ0) is 5.70. The van der Waals surface area contributed by atoms with Crippen molar-refractivity contribution in [1.82, 2.24) is 0 Å². The van der Waals surface area contributed by atoms with E-state index in [2.05, 4.69) is 0 Å². The van der Waals surface area contributed by atoms with E-state index < -0.39 is 6.43 Å². The van der Waals surface area contributed by atoms with Crippen molar-refractivity contribution in [2.45, 2.75) is 32.6 Å². The Hall–Kier alpha value is -0.140. The Balaban J connectivity index is 2.68. The average Bonchev–Trinajstić information content (AvgIpc) is 1.61. The Morgan fingerprint density at radius 1 is 1.43 bits per heavy atom. The molecule has 0 aliphatic carbocycles. The highest BCUT2D eigenvalue weighted by atomic mass is 19.3. The predicted molar refractivity (Wildman–Crippen MR) is 25.5 cm³/mol. The highest BCUT2D eigenvalue weighted by molar-refractivity contribution is 4.37. The largest absolute Gasteiger partial charge is 0.238 e. The van der Waals surface area contributed by atoms with E-state index in [9.17, 15) is 8.78 Å². The topological polar surface area (TPSA) is 0 Å². The van der Waals surface area contributed by atoms with Gasteiger partial charge in [-0.05, 0) is 6.42 Å². The molecule has 0 spiro atoms. The molecule has 0 fully saturated rings. The van der Waals surface area contributed by atoms with Gasteiger partial charge < -0.3 is 0 Å². The van der Waals surface area contributed by atoms with Crippen molar-refractivity contribution in [2.24, 2.45) is 0 Å². The molecule has 0 aliphatic heterocycles. The van der Waals surface area contributed by atoms with Gasteiger partial charge in [0.1, 0.15) is 0 Å². The van der Waals surface area contributed by atoms with Gasteiger partial charge in [-0.25, -0.2) is 8.78 Å². The Kier molecular flexibility index (Phi) is 3.95. The fourth-order valence-corrected chi connectivity index (χ4v) is 0.358. The summed E-state index contributed by atoms with van der Waals surface area (Å²) >= 11 is 0. The van der Waals surface area contributed by atoms with Crippen LogP contribution >= 0.6 is 0 Å². The molecule has 0 rings (SSSR count). The molecule has 0 saturated carbocycles. The molecule has 0 bridgehead atoms. The molecule has 0 saturated heterocycles. The molecule has 0 aromatic carbocycles. The predicted octanol–water partition coefficient (Wildman–Crippen LogP) is 2.44. The van der Waals surface area contributed by atoms with Gasteiger partial charge in [0.05, 0.1) is 0 Å². The van der Waals surface area contributed by atoms with Crippen LogP contribution in [0.5, 0.6) is 0 Å². The van der Waals surface area contributed by atoms with Crippen LogP contribution in [-0.4, -0.2) is 6.43 Å². The van der Waals surface area contributed by atoms with Gasteiger partial charge in [0.2, 0.25) is 6.43 Å². The van der Waals surface area contributed by atoms with Crippen LogP contribution in [0.4, 0.5) is 8.78 Å². The summed E-state index contributed by atoms with van der Waals surface area (Å²) < 4.78 is 22.4. The van der Waals surface area contributed by atoms with Crippen molar-refractivity contribution in [3.05, 3.63) is 0 Å². The Morgan fingerprint density at radius 2 is 2.00 bits per heavy atom. The fraction of sp³-hybridized carbons (Fsp3) is 1.00. The maximum atomic E-state index is 11.2. The maximum absolute atomic E-state index is 11.2. The van der Waals surface area contributed by atoms with Crippen molar-refractivity contribution < 1.29 is 8.78 Å². The summed E-state index contributed by atoms with van der Waals surface area (Å²) in [5.74, 6) is 0. The molecule has 0 N–H and O–H groups in total. The second-order valence-electron chi connectivity index (χ2n) is 1.53. The first-order valence-corrected chi connectivity index (χ1v) is 2.55. The van der Waals surface area contributed by atoms with E-state index in [-0.39, 0.29) is 6.42 Å². The third-order valence-corrected chi connectivity index (χ3v) is 0.776. The van der Waals surface area contributed by atoms with Crippen LogP contribution in [0.25, 0.3) is 0 Å². The molecule has 44 valence electrons. The summed E-state index contributed by atoms with van der Waals surface area (Å²) in [5.41, 5.74) is 0. The molecule has 0 unspecified atom stereocenters. The SMILES string of the molecule is CCCCC(F)F. The maximum Gasteiger partial charge on any atom is 0.238 e. The molecule has 2 heteroatoms. The zero-order valence-corrected chi connectivity index (χ0v) is 4.45. The minimum Gasteiger partial charge on any atom is -0.211 e. The number of hydrogen-bond acceptors (Lipinski definition) is 0.